The summed E-state index contributed by atoms with van der Waals surface area (Å²) in [5.41, 5.74) is 1.77. The van der Waals surface area contributed by atoms with E-state index in [4.69, 9.17) is 16.9 Å². The van der Waals surface area contributed by atoms with E-state index >= 15 is 0 Å². The maximum Gasteiger partial charge on any atom is 0.186 e. The summed E-state index contributed by atoms with van der Waals surface area (Å²) in [7, 11) is 0. The molecule has 0 radical (unpaired) electrons. The van der Waals surface area contributed by atoms with Gasteiger partial charge in [0.15, 0.2) is 5.69 Å². The molecule has 4 nitrogen and oxygen atoms in total. The SMILES string of the molecule is N#Cc1nnc2ccccc2c1NCc1ccc(Cl)s1. The number of thiophene rings is 1. The molecule has 0 saturated heterocycles. The third kappa shape index (κ3) is 2.44. The standard InChI is InChI=1S/C14H9ClN4S/c15-13-6-5-9(20-13)8-17-14-10-3-1-2-4-11(10)18-19-12(14)7-16/h1-6H,8H2,(H,17,18). The lowest BCUT2D eigenvalue weighted by Gasteiger charge is -2.09. The molecule has 3 rings (SSSR count). The third-order valence-electron chi connectivity index (χ3n) is 2.84. The van der Waals surface area contributed by atoms with Gasteiger partial charge in [-0.3, -0.25) is 0 Å². The quantitative estimate of drug-likeness (QED) is 0.798. The van der Waals surface area contributed by atoms with Crippen molar-refractivity contribution in [1.82, 2.24) is 10.2 Å². The van der Waals surface area contributed by atoms with E-state index in [9.17, 15) is 0 Å². The Balaban J connectivity index is 1.98. The van der Waals surface area contributed by atoms with Gasteiger partial charge in [-0.05, 0) is 18.2 Å². The lowest BCUT2D eigenvalue weighted by molar-refractivity contribution is 1.04. The fourth-order valence-corrected chi connectivity index (χ4v) is 2.96. The highest BCUT2D eigenvalue weighted by molar-refractivity contribution is 7.16. The summed E-state index contributed by atoms with van der Waals surface area (Å²) in [6.45, 7) is 0.599. The molecular formula is C14H9ClN4S. The molecule has 0 atom stereocenters. The number of nitrogens with zero attached hydrogens (tertiary/aromatic N) is 3. The van der Waals surface area contributed by atoms with Gasteiger partial charge in [0.25, 0.3) is 0 Å². The minimum absolute atomic E-state index is 0.298. The molecule has 1 aromatic carbocycles. The van der Waals surface area contributed by atoms with Crippen LogP contribution in [0.3, 0.4) is 0 Å². The Kier molecular flexibility index (Phi) is 3.50. The van der Waals surface area contributed by atoms with Gasteiger partial charge in [-0.1, -0.05) is 29.8 Å². The molecule has 2 heterocycles. The van der Waals surface area contributed by atoms with Gasteiger partial charge < -0.3 is 5.32 Å². The van der Waals surface area contributed by atoms with E-state index in [2.05, 4.69) is 21.6 Å². The fourth-order valence-electron chi connectivity index (χ4n) is 1.93. The largest absolute Gasteiger partial charge is 0.377 e. The van der Waals surface area contributed by atoms with Gasteiger partial charge in [-0.2, -0.15) is 5.26 Å². The van der Waals surface area contributed by atoms with Crippen LogP contribution in [-0.4, -0.2) is 10.2 Å². The zero-order chi connectivity index (χ0) is 13.9. The molecule has 0 bridgehead atoms. The number of rotatable bonds is 3. The van der Waals surface area contributed by atoms with Crippen LogP contribution in [0.4, 0.5) is 5.69 Å². The summed E-state index contributed by atoms with van der Waals surface area (Å²) in [5, 5.41) is 21.3. The lowest BCUT2D eigenvalue weighted by atomic mass is 10.1. The molecule has 20 heavy (non-hydrogen) atoms. The van der Waals surface area contributed by atoms with Crippen molar-refractivity contribution in [2.75, 3.05) is 5.32 Å². The average Bonchev–Trinajstić information content (AvgIpc) is 2.90. The van der Waals surface area contributed by atoms with Crippen molar-refractivity contribution in [2.45, 2.75) is 6.54 Å². The maximum atomic E-state index is 9.17. The Morgan fingerprint density at radius 2 is 2.05 bits per heavy atom. The van der Waals surface area contributed by atoms with Gasteiger partial charge in [0, 0.05) is 16.8 Å². The summed E-state index contributed by atoms with van der Waals surface area (Å²) in [6.07, 6.45) is 0. The second-order valence-corrected chi connectivity index (χ2v) is 5.91. The van der Waals surface area contributed by atoms with E-state index in [1.165, 1.54) is 11.3 Å². The predicted octanol–water partition coefficient (Wildman–Crippen LogP) is 3.83. The van der Waals surface area contributed by atoms with Crippen LogP contribution in [0, 0.1) is 11.3 Å². The van der Waals surface area contributed by atoms with Gasteiger partial charge in [-0.25, -0.2) is 0 Å². The number of nitrogens with one attached hydrogen (secondary N) is 1. The minimum atomic E-state index is 0.298. The molecule has 0 aliphatic rings. The number of hydrogen-bond donors (Lipinski definition) is 1. The second-order valence-electron chi connectivity index (χ2n) is 4.11. The molecule has 0 aliphatic heterocycles. The Hall–Kier alpha value is -2.16. The van der Waals surface area contributed by atoms with Gasteiger partial charge >= 0.3 is 0 Å². The molecule has 0 unspecified atom stereocenters. The molecule has 1 N–H and O–H groups in total. The van der Waals surface area contributed by atoms with Gasteiger partial charge in [0.1, 0.15) is 6.07 Å². The monoisotopic (exact) mass is 300 g/mol. The van der Waals surface area contributed by atoms with E-state index in [1.54, 1.807) is 0 Å². The van der Waals surface area contributed by atoms with E-state index in [0.29, 0.717) is 17.9 Å². The first-order valence-electron chi connectivity index (χ1n) is 5.91. The topological polar surface area (TPSA) is 61.6 Å². The smallest absolute Gasteiger partial charge is 0.186 e. The maximum absolute atomic E-state index is 9.17. The zero-order valence-corrected chi connectivity index (χ0v) is 11.9. The van der Waals surface area contributed by atoms with Crippen molar-refractivity contribution in [1.29, 1.82) is 5.26 Å². The van der Waals surface area contributed by atoms with E-state index < -0.39 is 0 Å². The number of fused-ring (bicyclic) bond motifs is 1. The number of nitriles is 1. The lowest BCUT2D eigenvalue weighted by Crippen LogP contribution is -2.03. The van der Waals surface area contributed by atoms with Crippen LogP contribution in [0.2, 0.25) is 4.34 Å². The van der Waals surface area contributed by atoms with E-state index in [1.807, 2.05) is 36.4 Å². The summed E-state index contributed by atoms with van der Waals surface area (Å²) in [4.78, 5) is 1.10. The third-order valence-corrected chi connectivity index (χ3v) is 4.07. The molecule has 3 aromatic rings. The highest BCUT2D eigenvalue weighted by Crippen LogP contribution is 2.26. The summed E-state index contributed by atoms with van der Waals surface area (Å²) in [5.74, 6) is 0. The first-order valence-corrected chi connectivity index (χ1v) is 7.11. The van der Waals surface area contributed by atoms with Crippen LogP contribution >= 0.6 is 22.9 Å². The minimum Gasteiger partial charge on any atom is -0.377 e. The van der Waals surface area contributed by atoms with E-state index in [0.717, 1.165) is 20.1 Å². The molecule has 0 saturated carbocycles. The zero-order valence-electron chi connectivity index (χ0n) is 10.3. The molecule has 6 heteroatoms. The molecule has 98 valence electrons. The molecule has 0 amide bonds. The van der Waals surface area contributed by atoms with Crippen LogP contribution in [0.25, 0.3) is 10.9 Å². The van der Waals surface area contributed by atoms with Crippen molar-refractivity contribution in [3.8, 4) is 6.07 Å². The summed E-state index contributed by atoms with van der Waals surface area (Å²) >= 11 is 7.42. The number of hydrogen-bond acceptors (Lipinski definition) is 5. The Morgan fingerprint density at radius 3 is 2.80 bits per heavy atom. The van der Waals surface area contributed by atoms with E-state index in [-0.39, 0.29) is 0 Å². The Labute approximate surface area is 124 Å². The average molecular weight is 301 g/mol. The van der Waals surface area contributed by atoms with Gasteiger partial charge in [0.2, 0.25) is 0 Å². The second kappa shape index (κ2) is 5.45. The molecule has 0 aliphatic carbocycles. The number of aromatic nitrogens is 2. The summed E-state index contributed by atoms with van der Waals surface area (Å²) < 4.78 is 0.750. The first kappa shape index (κ1) is 12.9. The first-order chi connectivity index (χ1) is 9.78. The van der Waals surface area contributed by atoms with Crippen LogP contribution in [0.1, 0.15) is 10.6 Å². The van der Waals surface area contributed by atoms with Gasteiger partial charge in [0.05, 0.1) is 15.5 Å². The Bertz CT molecular complexity index is 806. The Morgan fingerprint density at radius 1 is 1.20 bits per heavy atom. The normalized spacial score (nSPS) is 10.4. The van der Waals surface area contributed by atoms with Gasteiger partial charge in [-0.15, -0.1) is 21.5 Å². The predicted molar refractivity (Wildman–Crippen MR) is 80.9 cm³/mol. The van der Waals surface area contributed by atoms with Crippen LogP contribution in [0.5, 0.6) is 0 Å². The number of halogens is 1. The molecule has 0 spiro atoms. The van der Waals surface area contributed by atoms with Crippen molar-refractivity contribution in [3.63, 3.8) is 0 Å². The summed E-state index contributed by atoms with van der Waals surface area (Å²) in [6, 6.07) is 13.5. The fraction of sp³-hybridized carbons (Fsp3) is 0.0714. The van der Waals surface area contributed by atoms with Crippen LogP contribution < -0.4 is 5.32 Å². The highest BCUT2D eigenvalue weighted by atomic mass is 35.5. The number of anilines is 1. The van der Waals surface area contributed by atoms with Crippen LogP contribution in [0.15, 0.2) is 36.4 Å². The molecule has 0 fully saturated rings. The highest BCUT2D eigenvalue weighted by Gasteiger charge is 2.10. The van der Waals surface area contributed by atoms with Crippen molar-refractivity contribution in [3.05, 3.63) is 51.3 Å². The number of benzene rings is 1. The molecule has 2 aromatic heterocycles. The van der Waals surface area contributed by atoms with Crippen molar-refractivity contribution >= 4 is 39.5 Å². The van der Waals surface area contributed by atoms with Crippen molar-refractivity contribution < 1.29 is 0 Å². The molecular weight excluding hydrogens is 292 g/mol. The van der Waals surface area contributed by atoms with Crippen molar-refractivity contribution in [2.24, 2.45) is 0 Å². The van der Waals surface area contributed by atoms with Crippen LogP contribution in [-0.2, 0) is 6.54 Å².